The Morgan fingerprint density at radius 1 is 0.923 bits per heavy atom. The summed E-state index contributed by atoms with van der Waals surface area (Å²) in [6.45, 7) is 1.04. The predicted octanol–water partition coefficient (Wildman–Crippen LogP) is 1.59. The van der Waals surface area contributed by atoms with Gasteiger partial charge in [-0.1, -0.05) is 36.4 Å². The van der Waals surface area contributed by atoms with Crippen molar-refractivity contribution in [3.8, 4) is 0 Å². The number of nitrogens with zero attached hydrogens (tertiary/aromatic N) is 1. The van der Waals surface area contributed by atoms with E-state index in [1.165, 1.54) is 0 Å². The van der Waals surface area contributed by atoms with Crippen LogP contribution in [0.5, 0.6) is 0 Å². The van der Waals surface area contributed by atoms with Crippen LogP contribution in [0, 0.1) is 5.92 Å². The van der Waals surface area contributed by atoms with E-state index < -0.39 is 0 Å². The van der Waals surface area contributed by atoms with Gasteiger partial charge in [0.1, 0.15) is 0 Å². The van der Waals surface area contributed by atoms with Gasteiger partial charge in [-0.3, -0.25) is 14.4 Å². The van der Waals surface area contributed by atoms with Gasteiger partial charge in [-0.25, -0.2) is 0 Å². The molecule has 1 aliphatic heterocycles. The predicted molar refractivity (Wildman–Crippen MR) is 98.7 cm³/mol. The van der Waals surface area contributed by atoms with Gasteiger partial charge >= 0.3 is 0 Å². The molecule has 1 aliphatic rings. The number of carbonyl (C=O) groups is 3. The minimum absolute atomic E-state index is 0.0475. The van der Waals surface area contributed by atoms with Crippen LogP contribution in [0.15, 0.2) is 60.7 Å². The molecule has 2 N–H and O–H groups in total. The van der Waals surface area contributed by atoms with Gasteiger partial charge in [0.05, 0.1) is 5.92 Å². The van der Waals surface area contributed by atoms with Crippen molar-refractivity contribution in [3.05, 3.63) is 66.2 Å². The van der Waals surface area contributed by atoms with Gasteiger partial charge in [-0.15, -0.1) is 0 Å². The number of rotatable bonds is 6. The van der Waals surface area contributed by atoms with Crippen molar-refractivity contribution in [3.63, 3.8) is 0 Å². The van der Waals surface area contributed by atoms with Gasteiger partial charge in [0, 0.05) is 37.3 Å². The zero-order valence-corrected chi connectivity index (χ0v) is 14.4. The molecule has 1 saturated heterocycles. The number of benzene rings is 2. The first-order valence-corrected chi connectivity index (χ1v) is 8.61. The lowest BCUT2D eigenvalue weighted by Gasteiger charge is -2.16. The molecule has 1 fully saturated rings. The first-order chi connectivity index (χ1) is 12.6. The van der Waals surface area contributed by atoms with Crippen molar-refractivity contribution in [1.82, 2.24) is 10.6 Å². The molecule has 2 aromatic rings. The number of para-hydroxylation sites is 1. The highest BCUT2D eigenvalue weighted by molar-refractivity contribution is 6.00. The molecule has 0 saturated carbocycles. The lowest BCUT2D eigenvalue weighted by atomic mass is 10.1. The van der Waals surface area contributed by atoms with E-state index >= 15 is 0 Å². The molecule has 6 nitrogen and oxygen atoms in total. The number of hydrogen-bond donors (Lipinski definition) is 2. The van der Waals surface area contributed by atoms with Crippen molar-refractivity contribution in [1.29, 1.82) is 0 Å². The first kappa shape index (κ1) is 17.7. The monoisotopic (exact) mass is 351 g/mol. The van der Waals surface area contributed by atoms with Crippen molar-refractivity contribution < 1.29 is 14.4 Å². The van der Waals surface area contributed by atoms with Crippen molar-refractivity contribution in [2.24, 2.45) is 5.92 Å². The van der Waals surface area contributed by atoms with E-state index in [4.69, 9.17) is 0 Å². The highest BCUT2D eigenvalue weighted by Gasteiger charge is 2.34. The Hall–Kier alpha value is -3.15. The van der Waals surface area contributed by atoms with Crippen LogP contribution in [-0.4, -0.2) is 37.4 Å². The third-order valence-electron chi connectivity index (χ3n) is 4.31. The summed E-state index contributed by atoms with van der Waals surface area (Å²) in [5.74, 6) is -0.752. The third kappa shape index (κ3) is 4.27. The van der Waals surface area contributed by atoms with Crippen molar-refractivity contribution in [2.45, 2.75) is 6.42 Å². The van der Waals surface area contributed by atoms with E-state index in [0.29, 0.717) is 25.2 Å². The Labute approximate surface area is 152 Å². The van der Waals surface area contributed by atoms with Crippen LogP contribution in [-0.2, 0) is 9.59 Å². The maximum absolute atomic E-state index is 12.3. The van der Waals surface area contributed by atoms with Crippen LogP contribution in [0.3, 0.4) is 0 Å². The molecule has 0 spiro atoms. The minimum Gasteiger partial charge on any atom is -0.354 e. The fourth-order valence-corrected chi connectivity index (χ4v) is 2.94. The fourth-order valence-electron chi connectivity index (χ4n) is 2.94. The lowest BCUT2D eigenvalue weighted by Crippen LogP contribution is -2.38. The van der Waals surface area contributed by atoms with E-state index in [2.05, 4.69) is 10.6 Å². The van der Waals surface area contributed by atoms with E-state index in [0.717, 1.165) is 5.69 Å². The second-order valence-electron chi connectivity index (χ2n) is 6.15. The maximum Gasteiger partial charge on any atom is 0.251 e. The van der Waals surface area contributed by atoms with E-state index in [9.17, 15) is 14.4 Å². The number of hydrogen-bond acceptors (Lipinski definition) is 3. The normalized spacial score (nSPS) is 16.4. The van der Waals surface area contributed by atoms with Crippen LogP contribution in [0.1, 0.15) is 16.8 Å². The van der Waals surface area contributed by atoms with Crippen LogP contribution in [0.25, 0.3) is 0 Å². The molecule has 2 aromatic carbocycles. The molecule has 1 atom stereocenters. The molecule has 26 heavy (non-hydrogen) atoms. The molecule has 0 aromatic heterocycles. The number of nitrogens with one attached hydrogen (secondary N) is 2. The second kappa shape index (κ2) is 8.29. The van der Waals surface area contributed by atoms with Gasteiger partial charge in [-0.2, -0.15) is 0 Å². The summed E-state index contributed by atoms with van der Waals surface area (Å²) in [5, 5.41) is 5.55. The van der Waals surface area contributed by atoms with E-state index in [1.54, 1.807) is 29.2 Å². The molecular weight excluding hydrogens is 330 g/mol. The highest BCUT2D eigenvalue weighted by Crippen LogP contribution is 2.24. The van der Waals surface area contributed by atoms with Gasteiger partial charge in [-0.05, 0) is 24.3 Å². The van der Waals surface area contributed by atoms with Crippen molar-refractivity contribution >= 4 is 23.4 Å². The summed E-state index contributed by atoms with van der Waals surface area (Å²) in [4.78, 5) is 38.0. The van der Waals surface area contributed by atoms with Crippen molar-refractivity contribution in [2.75, 3.05) is 24.5 Å². The zero-order chi connectivity index (χ0) is 18.4. The number of anilines is 1. The average Bonchev–Trinajstić information content (AvgIpc) is 3.08. The first-order valence-electron chi connectivity index (χ1n) is 8.61. The van der Waals surface area contributed by atoms with Crippen LogP contribution in [0.4, 0.5) is 5.69 Å². The summed E-state index contributed by atoms with van der Waals surface area (Å²) < 4.78 is 0. The van der Waals surface area contributed by atoms with Gasteiger partial charge in [0.25, 0.3) is 5.91 Å². The molecule has 0 bridgehead atoms. The summed E-state index contributed by atoms with van der Waals surface area (Å²) in [6, 6.07) is 18.2. The maximum atomic E-state index is 12.3. The number of amides is 3. The van der Waals surface area contributed by atoms with Crippen LogP contribution in [0.2, 0.25) is 0 Å². The highest BCUT2D eigenvalue weighted by atomic mass is 16.2. The van der Waals surface area contributed by atoms with Gasteiger partial charge < -0.3 is 15.5 Å². The minimum atomic E-state index is -0.368. The summed E-state index contributed by atoms with van der Waals surface area (Å²) >= 11 is 0. The fraction of sp³-hybridized carbons (Fsp3) is 0.250. The molecule has 1 heterocycles. The molecule has 3 rings (SSSR count). The topological polar surface area (TPSA) is 78.5 Å². The SMILES string of the molecule is O=C(NCCNC(=O)C1CC(=O)N(c2ccccc2)C1)c1ccccc1. The summed E-state index contributed by atoms with van der Waals surface area (Å²) in [6.07, 6.45) is 0.205. The average molecular weight is 351 g/mol. The Bertz CT molecular complexity index is 777. The lowest BCUT2D eigenvalue weighted by molar-refractivity contribution is -0.126. The standard InChI is InChI=1S/C20H21N3O3/c24-18-13-16(14-23(18)17-9-5-2-6-10-17)20(26)22-12-11-21-19(25)15-7-3-1-4-8-15/h1-10,16H,11-14H2,(H,21,25)(H,22,26). The molecule has 134 valence electrons. The molecule has 6 heteroatoms. The largest absolute Gasteiger partial charge is 0.354 e. The molecule has 0 radical (unpaired) electrons. The Morgan fingerprint density at radius 3 is 2.23 bits per heavy atom. The van der Waals surface area contributed by atoms with Crippen LogP contribution >= 0.6 is 0 Å². The van der Waals surface area contributed by atoms with E-state index in [-0.39, 0.29) is 30.1 Å². The van der Waals surface area contributed by atoms with E-state index in [1.807, 2.05) is 36.4 Å². The van der Waals surface area contributed by atoms with Gasteiger partial charge in [0.15, 0.2) is 0 Å². The Kier molecular flexibility index (Phi) is 5.63. The van der Waals surface area contributed by atoms with Crippen LogP contribution < -0.4 is 15.5 Å². The Morgan fingerprint density at radius 2 is 1.54 bits per heavy atom. The number of carbonyl (C=O) groups excluding carboxylic acids is 3. The molecule has 1 unspecified atom stereocenters. The molecule has 3 amide bonds. The Balaban J connectivity index is 1.43. The van der Waals surface area contributed by atoms with Gasteiger partial charge in [0.2, 0.25) is 11.8 Å². The quantitative estimate of drug-likeness (QED) is 0.776. The molecular formula is C20H21N3O3. The second-order valence-corrected chi connectivity index (χ2v) is 6.15. The summed E-state index contributed by atoms with van der Waals surface area (Å²) in [7, 11) is 0. The zero-order valence-electron chi connectivity index (χ0n) is 14.4. The molecule has 0 aliphatic carbocycles. The smallest absolute Gasteiger partial charge is 0.251 e. The third-order valence-corrected chi connectivity index (χ3v) is 4.31. The summed E-state index contributed by atoms with van der Waals surface area (Å²) in [5.41, 5.74) is 1.39.